The zero-order chi connectivity index (χ0) is 16.5. The maximum Gasteiger partial charge on any atom is 0.137 e. The first-order chi connectivity index (χ1) is 11.7. The van der Waals surface area contributed by atoms with Crippen LogP contribution in [0.25, 0.3) is 11.0 Å². The number of hydrogen-bond donors (Lipinski definition) is 0. The van der Waals surface area contributed by atoms with Gasteiger partial charge in [-0.1, -0.05) is 16.8 Å². The van der Waals surface area contributed by atoms with Crippen LogP contribution in [-0.2, 0) is 13.6 Å². The Kier molecular flexibility index (Phi) is 3.62. The molecule has 2 heterocycles. The number of benzene rings is 2. The van der Waals surface area contributed by atoms with Gasteiger partial charge in [0.1, 0.15) is 29.7 Å². The number of nitrogens with zero attached hydrogens (tertiary/aromatic N) is 6. The summed E-state index contributed by atoms with van der Waals surface area (Å²) in [6.45, 7) is 0.517. The van der Waals surface area contributed by atoms with E-state index in [1.165, 1.54) is 6.33 Å². The van der Waals surface area contributed by atoms with Crippen LogP contribution in [0.4, 0.5) is 0 Å². The summed E-state index contributed by atoms with van der Waals surface area (Å²) in [6.07, 6.45) is 3.14. The van der Waals surface area contributed by atoms with E-state index in [1.807, 2.05) is 37.4 Å². The molecule has 0 saturated heterocycles. The molecular formula is C16H13ClN6O. The minimum atomic E-state index is 0.517. The van der Waals surface area contributed by atoms with Crippen molar-refractivity contribution >= 4 is 22.6 Å². The van der Waals surface area contributed by atoms with E-state index in [0.29, 0.717) is 23.1 Å². The third kappa shape index (κ3) is 2.81. The van der Waals surface area contributed by atoms with Crippen LogP contribution in [0.5, 0.6) is 11.5 Å². The first-order valence-electron chi connectivity index (χ1n) is 7.27. The number of ether oxygens (including phenoxy) is 1. The molecule has 0 spiro atoms. The molecule has 0 atom stereocenters. The maximum atomic E-state index is 6.12. The van der Waals surface area contributed by atoms with E-state index in [-0.39, 0.29) is 0 Å². The van der Waals surface area contributed by atoms with Gasteiger partial charge < -0.3 is 4.74 Å². The van der Waals surface area contributed by atoms with Crippen molar-refractivity contribution in [3.63, 3.8) is 0 Å². The molecule has 0 saturated carbocycles. The molecule has 0 aliphatic carbocycles. The van der Waals surface area contributed by atoms with Gasteiger partial charge in [-0.2, -0.15) is 5.10 Å². The van der Waals surface area contributed by atoms with E-state index >= 15 is 0 Å². The number of fused-ring (bicyclic) bond motifs is 1. The molecule has 0 fully saturated rings. The van der Waals surface area contributed by atoms with Crippen LogP contribution in [0.3, 0.4) is 0 Å². The van der Waals surface area contributed by atoms with Crippen molar-refractivity contribution in [1.29, 1.82) is 0 Å². The molecule has 24 heavy (non-hydrogen) atoms. The Labute approximate surface area is 142 Å². The summed E-state index contributed by atoms with van der Waals surface area (Å²) in [5, 5.41) is 12.9. The molecule has 0 amide bonds. The lowest BCUT2D eigenvalue weighted by Crippen LogP contribution is -2.02. The molecule has 2 aromatic heterocycles. The summed E-state index contributed by atoms with van der Waals surface area (Å²) in [5.74, 6) is 1.39. The van der Waals surface area contributed by atoms with Crippen LogP contribution >= 0.6 is 11.6 Å². The summed E-state index contributed by atoms with van der Waals surface area (Å²) in [5.41, 5.74) is 2.63. The molecular weight excluding hydrogens is 328 g/mol. The summed E-state index contributed by atoms with van der Waals surface area (Å²) < 4.78 is 9.47. The number of aryl methyl sites for hydroxylation is 1. The van der Waals surface area contributed by atoms with E-state index < -0.39 is 0 Å². The lowest BCUT2D eigenvalue weighted by atomic mass is 10.2. The highest BCUT2D eigenvalue weighted by Gasteiger charge is 2.09. The average molecular weight is 341 g/mol. The van der Waals surface area contributed by atoms with Gasteiger partial charge >= 0.3 is 0 Å². The zero-order valence-electron chi connectivity index (χ0n) is 12.8. The van der Waals surface area contributed by atoms with Gasteiger partial charge in [0.05, 0.1) is 12.1 Å². The molecule has 2 aromatic carbocycles. The molecule has 4 rings (SSSR count). The minimum Gasteiger partial charge on any atom is -0.457 e. The SMILES string of the molecule is Cn1nnc2cc(Oc3ccc(Cl)cc3Cn3cncn3)ccc21. The number of aromatic nitrogens is 6. The Morgan fingerprint density at radius 2 is 2.08 bits per heavy atom. The first kappa shape index (κ1) is 14.6. The van der Waals surface area contributed by atoms with E-state index in [2.05, 4.69) is 20.4 Å². The molecule has 0 unspecified atom stereocenters. The Balaban J connectivity index is 1.67. The van der Waals surface area contributed by atoms with E-state index in [0.717, 1.165) is 16.6 Å². The largest absolute Gasteiger partial charge is 0.457 e. The highest BCUT2D eigenvalue weighted by Crippen LogP contribution is 2.29. The summed E-state index contributed by atoms with van der Waals surface area (Å²) in [4.78, 5) is 3.95. The fourth-order valence-corrected chi connectivity index (χ4v) is 2.67. The minimum absolute atomic E-state index is 0.517. The molecule has 0 N–H and O–H groups in total. The van der Waals surface area contributed by atoms with Crippen LogP contribution < -0.4 is 4.74 Å². The molecule has 0 bridgehead atoms. The van der Waals surface area contributed by atoms with Crippen molar-refractivity contribution in [1.82, 2.24) is 29.8 Å². The van der Waals surface area contributed by atoms with Gasteiger partial charge in [-0.15, -0.1) is 5.10 Å². The summed E-state index contributed by atoms with van der Waals surface area (Å²) >= 11 is 6.12. The fraction of sp³-hybridized carbons (Fsp3) is 0.125. The molecule has 7 nitrogen and oxygen atoms in total. The zero-order valence-corrected chi connectivity index (χ0v) is 13.6. The van der Waals surface area contributed by atoms with Crippen LogP contribution in [0.2, 0.25) is 5.02 Å². The number of hydrogen-bond acceptors (Lipinski definition) is 5. The predicted molar refractivity (Wildman–Crippen MR) is 89.2 cm³/mol. The number of halogens is 1. The standard InChI is InChI=1S/C16H13ClN6O/c1-22-15-4-3-13(7-14(15)20-21-22)24-16-5-2-12(17)6-11(16)8-23-10-18-9-19-23/h2-7,9-10H,8H2,1H3. The third-order valence-corrected chi connectivity index (χ3v) is 3.87. The molecule has 0 radical (unpaired) electrons. The molecule has 4 aromatic rings. The van der Waals surface area contributed by atoms with Crippen LogP contribution in [0, 0.1) is 0 Å². The fourth-order valence-electron chi connectivity index (χ4n) is 2.47. The van der Waals surface area contributed by atoms with Crippen molar-refractivity contribution in [3.05, 3.63) is 59.6 Å². The quantitative estimate of drug-likeness (QED) is 0.571. The molecule has 8 heteroatoms. The normalized spacial score (nSPS) is 11.1. The smallest absolute Gasteiger partial charge is 0.137 e. The van der Waals surface area contributed by atoms with Crippen molar-refractivity contribution < 1.29 is 4.74 Å². The monoisotopic (exact) mass is 340 g/mol. The van der Waals surface area contributed by atoms with E-state index in [1.54, 1.807) is 21.8 Å². The third-order valence-electron chi connectivity index (χ3n) is 3.63. The number of rotatable bonds is 4. The van der Waals surface area contributed by atoms with E-state index in [4.69, 9.17) is 16.3 Å². The highest BCUT2D eigenvalue weighted by atomic mass is 35.5. The van der Waals surface area contributed by atoms with Gasteiger partial charge in [-0.25, -0.2) is 14.3 Å². The predicted octanol–water partition coefficient (Wildman–Crippen LogP) is 3.05. The van der Waals surface area contributed by atoms with Gasteiger partial charge in [0, 0.05) is 23.7 Å². The van der Waals surface area contributed by atoms with Gasteiger partial charge in [-0.05, 0) is 30.3 Å². The molecule has 0 aliphatic rings. The Morgan fingerprint density at radius 3 is 2.92 bits per heavy atom. The van der Waals surface area contributed by atoms with Gasteiger partial charge in [0.25, 0.3) is 0 Å². The Bertz CT molecular complexity index is 995. The topological polar surface area (TPSA) is 70.7 Å². The van der Waals surface area contributed by atoms with E-state index in [9.17, 15) is 0 Å². The second-order valence-electron chi connectivity index (χ2n) is 5.31. The molecule has 0 aliphatic heterocycles. The first-order valence-corrected chi connectivity index (χ1v) is 7.65. The lowest BCUT2D eigenvalue weighted by Gasteiger charge is -2.12. The van der Waals surface area contributed by atoms with Crippen molar-refractivity contribution in [2.24, 2.45) is 7.05 Å². The van der Waals surface area contributed by atoms with Crippen molar-refractivity contribution in [2.45, 2.75) is 6.54 Å². The van der Waals surface area contributed by atoms with Crippen LogP contribution in [0.1, 0.15) is 5.56 Å². The highest BCUT2D eigenvalue weighted by molar-refractivity contribution is 6.30. The van der Waals surface area contributed by atoms with Crippen LogP contribution in [0.15, 0.2) is 49.1 Å². The van der Waals surface area contributed by atoms with Gasteiger partial charge in [0.15, 0.2) is 0 Å². The molecule has 120 valence electrons. The summed E-state index contributed by atoms with van der Waals surface area (Å²) in [6, 6.07) is 11.2. The van der Waals surface area contributed by atoms with Gasteiger partial charge in [-0.3, -0.25) is 0 Å². The second kappa shape index (κ2) is 5.93. The Hall–Kier alpha value is -2.93. The average Bonchev–Trinajstić information content (AvgIpc) is 3.20. The van der Waals surface area contributed by atoms with Gasteiger partial charge in [0.2, 0.25) is 0 Å². The van der Waals surface area contributed by atoms with Crippen molar-refractivity contribution in [2.75, 3.05) is 0 Å². The summed E-state index contributed by atoms with van der Waals surface area (Å²) in [7, 11) is 1.85. The Morgan fingerprint density at radius 1 is 1.17 bits per heavy atom. The van der Waals surface area contributed by atoms with Crippen molar-refractivity contribution in [3.8, 4) is 11.5 Å². The maximum absolute atomic E-state index is 6.12. The van der Waals surface area contributed by atoms with Crippen LogP contribution in [-0.4, -0.2) is 29.8 Å². The lowest BCUT2D eigenvalue weighted by molar-refractivity contribution is 0.472. The second-order valence-corrected chi connectivity index (χ2v) is 5.75.